The van der Waals surface area contributed by atoms with Gasteiger partial charge >= 0.3 is 12.2 Å². The molecule has 0 unspecified atom stereocenters. The molecule has 3 fully saturated rings. The summed E-state index contributed by atoms with van der Waals surface area (Å²) in [5.41, 5.74) is 2.23. The molecule has 2 N–H and O–H groups in total. The third kappa shape index (κ3) is 5.29. The quantitative estimate of drug-likeness (QED) is 0.342. The highest BCUT2D eigenvalue weighted by Crippen LogP contribution is 2.45. The number of anilines is 2. The molecule has 228 valence electrons. The van der Waals surface area contributed by atoms with Crippen LogP contribution in [0.4, 0.5) is 33.6 Å². The number of hydrogen-bond acceptors (Lipinski definition) is 8. The van der Waals surface area contributed by atoms with E-state index in [-0.39, 0.29) is 51.7 Å². The molecular weight excluding hydrogens is 593 g/mol. The lowest BCUT2D eigenvalue weighted by Gasteiger charge is -2.32. The fourth-order valence-electron chi connectivity index (χ4n) is 6.79. The number of aromatic nitrogens is 3. The van der Waals surface area contributed by atoms with Crippen LogP contribution in [0.15, 0.2) is 12.1 Å². The van der Waals surface area contributed by atoms with Gasteiger partial charge in [-0.05, 0) is 56.8 Å². The molecular formula is C29H29ClF5N7O. The number of fused-ring (bicyclic) bond motifs is 2. The fourth-order valence-corrected chi connectivity index (χ4v) is 7.07. The summed E-state index contributed by atoms with van der Waals surface area (Å²) in [5, 5.41) is 9.21. The van der Waals surface area contributed by atoms with Crippen LogP contribution in [0, 0.1) is 30.0 Å². The van der Waals surface area contributed by atoms with Crippen molar-refractivity contribution in [1.82, 2.24) is 19.9 Å². The van der Waals surface area contributed by atoms with Gasteiger partial charge in [0.2, 0.25) is 0 Å². The van der Waals surface area contributed by atoms with E-state index >= 15 is 4.39 Å². The first-order chi connectivity index (χ1) is 20.4. The maximum Gasteiger partial charge on any atom is 0.418 e. The molecule has 1 aromatic carbocycles. The molecule has 0 spiro atoms. The Bertz CT molecular complexity index is 1620. The van der Waals surface area contributed by atoms with Crippen molar-refractivity contribution in [3.8, 4) is 23.3 Å². The van der Waals surface area contributed by atoms with E-state index in [4.69, 9.17) is 22.1 Å². The van der Waals surface area contributed by atoms with Gasteiger partial charge in [-0.3, -0.25) is 4.90 Å². The third-order valence-electron chi connectivity index (χ3n) is 8.81. The smallest absolute Gasteiger partial charge is 0.418 e. The van der Waals surface area contributed by atoms with Crippen LogP contribution >= 0.6 is 11.6 Å². The summed E-state index contributed by atoms with van der Waals surface area (Å²) in [5.74, 6) is -1.22. The van der Waals surface area contributed by atoms with Gasteiger partial charge < -0.3 is 15.4 Å². The van der Waals surface area contributed by atoms with Gasteiger partial charge in [0.25, 0.3) is 0 Å². The summed E-state index contributed by atoms with van der Waals surface area (Å²) in [6, 6.07) is 4.46. The highest BCUT2D eigenvalue weighted by atomic mass is 35.5. The van der Waals surface area contributed by atoms with Crippen molar-refractivity contribution in [2.45, 2.75) is 56.9 Å². The second-order valence-electron chi connectivity index (χ2n) is 11.6. The van der Waals surface area contributed by atoms with Gasteiger partial charge in [-0.2, -0.15) is 28.4 Å². The lowest BCUT2D eigenvalue weighted by molar-refractivity contribution is -0.137. The second kappa shape index (κ2) is 10.9. The van der Waals surface area contributed by atoms with Crippen molar-refractivity contribution in [2.24, 2.45) is 5.92 Å². The Balaban J connectivity index is 1.49. The van der Waals surface area contributed by atoms with Gasteiger partial charge in [-0.1, -0.05) is 11.6 Å². The molecule has 0 amide bonds. The number of benzene rings is 1. The summed E-state index contributed by atoms with van der Waals surface area (Å²) in [7, 11) is 0. The van der Waals surface area contributed by atoms with Crippen molar-refractivity contribution in [3.63, 3.8) is 0 Å². The summed E-state index contributed by atoms with van der Waals surface area (Å²) in [6.07, 6.45) is -2.86. The zero-order valence-electron chi connectivity index (χ0n) is 23.3. The Morgan fingerprint density at radius 3 is 2.63 bits per heavy atom. The number of rotatable bonds is 5. The zero-order valence-corrected chi connectivity index (χ0v) is 24.1. The monoisotopic (exact) mass is 621 g/mol. The number of nitrogen functional groups attached to an aromatic ring is 1. The van der Waals surface area contributed by atoms with Crippen LogP contribution < -0.4 is 15.4 Å². The molecule has 14 heteroatoms. The van der Waals surface area contributed by atoms with Gasteiger partial charge in [0.15, 0.2) is 5.82 Å². The number of nitrogens with zero attached hydrogens (tertiary/aromatic N) is 6. The van der Waals surface area contributed by atoms with Crippen LogP contribution in [0.1, 0.15) is 43.2 Å². The molecule has 0 saturated carbocycles. The second-order valence-corrected chi connectivity index (χ2v) is 12.0. The minimum Gasteiger partial charge on any atom is -0.461 e. The topological polar surface area (TPSA) is 104 Å². The molecule has 8 nitrogen and oxygen atoms in total. The number of nitriles is 1. The van der Waals surface area contributed by atoms with Crippen molar-refractivity contribution >= 4 is 34.1 Å². The Hall–Kier alpha value is -3.50. The van der Waals surface area contributed by atoms with Crippen molar-refractivity contribution in [3.05, 3.63) is 34.1 Å². The van der Waals surface area contributed by atoms with E-state index in [1.807, 2.05) is 4.90 Å². The van der Waals surface area contributed by atoms with Gasteiger partial charge in [0, 0.05) is 37.4 Å². The van der Waals surface area contributed by atoms with Crippen molar-refractivity contribution in [2.75, 3.05) is 43.4 Å². The van der Waals surface area contributed by atoms with E-state index in [9.17, 15) is 22.8 Å². The summed E-state index contributed by atoms with van der Waals surface area (Å²) < 4.78 is 79.4. The number of aryl methyl sites for hydroxylation is 1. The van der Waals surface area contributed by atoms with E-state index in [2.05, 4.69) is 25.9 Å². The Labute approximate surface area is 249 Å². The lowest BCUT2D eigenvalue weighted by atomic mass is 9.95. The summed E-state index contributed by atoms with van der Waals surface area (Å²) >= 11 is 6.51. The van der Waals surface area contributed by atoms with Crippen LogP contribution in [0.2, 0.25) is 5.02 Å². The third-order valence-corrected chi connectivity index (χ3v) is 9.11. The van der Waals surface area contributed by atoms with Gasteiger partial charge in [-0.25, -0.2) is 13.8 Å². The standard InChI is InChI=1S/C29H29ClF5N7O/c1-15-9-20(37)38-25(22(15)29(33,34)35)21-19(30)10-18-24(23(21)32)39-27(40-26(18)41-7-3-16(12-36)4-8-41)43-14-28-5-2-6-42(28)13-17(31)11-28/h9-10,16-17H,2-8,11,13-14H2,1H3,(H2,37,38)/t17-,28+/m1/s1. The average Bonchev–Trinajstić information content (AvgIpc) is 3.46. The summed E-state index contributed by atoms with van der Waals surface area (Å²) in [6.45, 7) is 3.20. The number of piperidine rings is 1. The van der Waals surface area contributed by atoms with E-state index in [1.54, 1.807) is 0 Å². The molecule has 3 aliphatic rings. The first-order valence-electron chi connectivity index (χ1n) is 14.1. The first kappa shape index (κ1) is 29.6. The molecule has 5 heterocycles. The van der Waals surface area contributed by atoms with Gasteiger partial charge in [0.1, 0.15) is 29.9 Å². The molecule has 0 aliphatic carbocycles. The highest BCUT2D eigenvalue weighted by molar-refractivity contribution is 6.34. The number of halogens is 6. The van der Waals surface area contributed by atoms with Crippen molar-refractivity contribution < 1.29 is 26.7 Å². The van der Waals surface area contributed by atoms with E-state index in [0.29, 0.717) is 38.9 Å². The highest BCUT2D eigenvalue weighted by Gasteiger charge is 2.49. The molecule has 2 aromatic heterocycles. The van der Waals surface area contributed by atoms with Crippen LogP contribution in [-0.2, 0) is 6.18 Å². The minimum atomic E-state index is -4.87. The Morgan fingerprint density at radius 1 is 1.19 bits per heavy atom. The predicted octanol–water partition coefficient (Wildman–Crippen LogP) is 6.09. The molecule has 3 saturated heterocycles. The maximum absolute atomic E-state index is 16.5. The minimum absolute atomic E-state index is 0.0745. The Kier molecular flexibility index (Phi) is 7.49. The molecule has 0 bridgehead atoms. The number of alkyl halides is 4. The molecule has 6 rings (SSSR count). The van der Waals surface area contributed by atoms with E-state index in [0.717, 1.165) is 25.5 Å². The van der Waals surface area contributed by atoms with Crippen LogP contribution in [0.25, 0.3) is 22.2 Å². The molecule has 0 radical (unpaired) electrons. The van der Waals surface area contributed by atoms with E-state index < -0.39 is 40.5 Å². The largest absolute Gasteiger partial charge is 0.461 e. The normalized spacial score (nSPS) is 23.1. The average molecular weight is 622 g/mol. The van der Waals surface area contributed by atoms with Crippen LogP contribution in [-0.4, -0.2) is 64.3 Å². The maximum atomic E-state index is 16.5. The number of ether oxygens (including phenoxy) is 1. The number of hydrogen-bond donors (Lipinski definition) is 1. The van der Waals surface area contributed by atoms with Crippen LogP contribution in [0.3, 0.4) is 0 Å². The lowest BCUT2D eigenvalue weighted by Crippen LogP contribution is -2.43. The van der Waals surface area contributed by atoms with Crippen LogP contribution in [0.5, 0.6) is 6.01 Å². The number of pyridine rings is 1. The zero-order chi connectivity index (χ0) is 30.7. The SMILES string of the molecule is Cc1cc(N)nc(-c2c(Cl)cc3c(N4CCC(C#N)CC4)nc(OC[C@@]45CCCN4C[C@H](F)C5)nc3c2F)c1C(F)(F)F. The molecule has 43 heavy (non-hydrogen) atoms. The summed E-state index contributed by atoms with van der Waals surface area (Å²) in [4.78, 5) is 16.7. The molecule has 3 aromatic rings. The molecule has 2 atom stereocenters. The first-order valence-corrected chi connectivity index (χ1v) is 14.5. The fraction of sp³-hybridized carbons (Fsp3) is 0.517. The van der Waals surface area contributed by atoms with Gasteiger partial charge in [0.05, 0.1) is 33.5 Å². The van der Waals surface area contributed by atoms with Crippen molar-refractivity contribution in [1.29, 1.82) is 5.26 Å². The van der Waals surface area contributed by atoms with E-state index in [1.165, 1.54) is 13.0 Å². The van der Waals surface area contributed by atoms with Gasteiger partial charge in [-0.15, -0.1) is 0 Å². The molecule has 3 aliphatic heterocycles. The predicted molar refractivity (Wildman–Crippen MR) is 151 cm³/mol. The number of nitrogens with two attached hydrogens (primary N) is 1. The Morgan fingerprint density at radius 2 is 1.93 bits per heavy atom.